The minimum Gasteiger partial charge on any atom is -0.350 e. The number of nitrogens with zero attached hydrogens (tertiary/aromatic N) is 7. The summed E-state index contributed by atoms with van der Waals surface area (Å²) in [6.07, 6.45) is 9.02. The summed E-state index contributed by atoms with van der Waals surface area (Å²) in [5.74, 6) is 1.52. The first-order valence-corrected chi connectivity index (χ1v) is 9.33. The quantitative estimate of drug-likeness (QED) is 0.544. The van der Waals surface area contributed by atoms with Crippen LogP contribution >= 0.6 is 0 Å². The van der Waals surface area contributed by atoms with E-state index in [1.165, 1.54) is 4.68 Å². The lowest BCUT2D eigenvalue weighted by Crippen LogP contribution is -2.37. The van der Waals surface area contributed by atoms with E-state index in [-0.39, 0.29) is 11.6 Å². The molecule has 1 aliphatic heterocycles. The first-order chi connectivity index (χ1) is 13.8. The van der Waals surface area contributed by atoms with Crippen molar-refractivity contribution in [2.75, 3.05) is 11.4 Å². The smallest absolute Gasteiger partial charge is 0.266 e. The van der Waals surface area contributed by atoms with Crippen LogP contribution in [0.3, 0.4) is 0 Å². The predicted molar refractivity (Wildman–Crippen MR) is 106 cm³/mol. The van der Waals surface area contributed by atoms with Crippen LogP contribution in [0, 0.1) is 0 Å². The monoisotopic (exact) mass is 373 g/mol. The van der Waals surface area contributed by atoms with Crippen molar-refractivity contribution in [1.82, 2.24) is 29.3 Å². The fourth-order valence-corrected chi connectivity index (χ4v) is 3.71. The summed E-state index contributed by atoms with van der Waals surface area (Å²) < 4.78 is 3.32. The third-order valence-corrected chi connectivity index (χ3v) is 5.11. The molecular formula is C20H19N7O. The predicted octanol–water partition coefficient (Wildman–Crippen LogP) is 2.04. The molecule has 0 aliphatic carbocycles. The molecule has 1 aliphatic rings. The average molecular weight is 373 g/mol. The lowest BCUT2D eigenvalue weighted by Gasteiger charge is -2.25. The lowest BCUT2D eigenvalue weighted by atomic mass is 10.2. The second kappa shape index (κ2) is 6.88. The Labute approximate surface area is 161 Å². The highest BCUT2D eigenvalue weighted by molar-refractivity contribution is 5.75. The van der Waals surface area contributed by atoms with Crippen molar-refractivity contribution in [3.63, 3.8) is 0 Å². The summed E-state index contributed by atoms with van der Waals surface area (Å²) in [5, 5.41) is 4.52. The highest BCUT2D eigenvalue weighted by Gasteiger charge is 2.27. The average Bonchev–Trinajstić information content (AvgIpc) is 3.41. The van der Waals surface area contributed by atoms with E-state index in [9.17, 15) is 4.79 Å². The Morgan fingerprint density at radius 1 is 1.07 bits per heavy atom. The molecule has 140 valence electrons. The number of hydrogen-bond donors (Lipinski definition) is 0. The van der Waals surface area contributed by atoms with Crippen molar-refractivity contribution in [1.29, 1.82) is 0 Å². The largest absolute Gasteiger partial charge is 0.350 e. The van der Waals surface area contributed by atoms with Gasteiger partial charge in [0.15, 0.2) is 5.82 Å². The zero-order valence-corrected chi connectivity index (χ0v) is 15.2. The second-order valence-corrected chi connectivity index (χ2v) is 6.89. The number of fused-ring (bicyclic) bond motifs is 1. The molecule has 0 N–H and O–H groups in total. The Balaban J connectivity index is 1.44. The van der Waals surface area contributed by atoms with Gasteiger partial charge < -0.3 is 4.90 Å². The van der Waals surface area contributed by atoms with Gasteiger partial charge in [0.05, 0.1) is 29.8 Å². The summed E-state index contributed by atoms with van der Waals surface area (Å²) in [4.78, 5) is 28.0. The van der Waals surface area contributed by atoms with Crippen molar-refractivity contribution in [3.05, 3.63) is 71.7 Å². The van der Waals surface area contributed by atoms with Crippen LogP contribution in [0.5, 0.6) is 0 Å². The summed E-state index contributed by atoms with van der Waals surface area (Å²) in [6, 6.07) is 11.3. The number of imidazole rings is 1. The number of benzene rings is 1. The van der Waals surface area contributed by atoms with Gasteiger partial charge in [-0.2, -0.15) is 5.10 Å². The van der Waals surface area contributed by atoms with Gasteiger partial charge in [-0.3, -0.25) is 14.3 Å². The Bertz CT molecular complexity index is 1170. The summed E-state index contributed by atoms with van der Waals surface area (Å²) in [7, 11) is 0. The molecule has 8 heteroatoms. The molecule has 1 saturated heterocycles. The molecule has 8 nitrogen and oxygen atoms in total. The Morgan fingerprint density at radius 3 is 2.82 bits per heavy atom. The number of anilines is 1. The molecular weight excluding hydrogens is 354 g/mol. The van der Waals surface area contributed by atoms with Gasteiger partial charge in [0.1, 0.15) is 12.1 Å². The third-order valence-electron chi connectivity index (χ3n) is 5.11. The van der Waals surface area contributed by atoms with Crippen LogP contribution in [0.2, 0.25) is 0 Å². The van der Waals surface area contributed by atoms with Crippen LogP contribution in [0.1, 0.15) is 12.8 Å². The molecule has 1 atom stereocenters. The number of para-hydroxylation sites is 2. The van der Waals surface area contributed by atoms with Gasteiger partial charge in [-0.05, 0) is 31.0 Å². The highest BCUT2D eigenvalue weighted by Crippen LogP contribution is 2.25. The maximum Gasteiger partial charge on any atom is 0.266 e. The molecule has 1 aromatic carbocycles. The van der Waals surface area contributed by atoms with Crippen molar-refractivity contribution < 1.29 is 0 Å². The van der Waals surface area contributed by atoms with Gasteiger partial charge >= 0.3 is 0 Å². The van der Waals surface area contributed by atoms with E-state index in [2.05, 4.69) is 20.0 Å². The summed E-state index contributed by atoms with van der Waals surface area (Å²) >= 11 is 0. The zero-order chi connectivity index (χ0) is 18.9. The van der Waals surface area contributed by atoms with E-state index in [1.807, 2.05) is 36.7 Å². The minimum absolute atomic E-state index is 0.111. The Morgan fingerprint density at radius 2 is 1.96 bits per heavy atom. The van der Waals surface area contributed by atoms with E-state index in [4.69, 9.17) is 4.98 Å². The SMILES string of the molecule is O=c1ccc(-n2ccnc2)nn1CC1CCCN1c1cnc2ccccc2n1. The third kappa shape index (κ3) is 3.02. The summed E-state index contributed by atoms with van der Waals surface area (Å²) in [5.41, 5.74) is 1.65. The second-order valence-electron chi connectivity index (χ2n) is 6.89. The minimum atomic E-state index is -0.111. The maximum atomic E-state index is 12.4. The van der Waals surface area contributed by atoms with E-state index >= 15 is 0 Å². The highest BCUT2D eigenvalue weighted by atomic mass is 16.1. The van der Waals surface area contributed by atoms with Gasteiger partial charge in [-0.1, -0.05) is 12.1 Å². The number of rotatable bonds is 4. The van der Waals surface area contributed by atoms with Crippen molar-refractivity contribution in [2.45, 2.75) is 25.4 Å². The van der Waals surface area contributed by atoms with Crippen LogP contribution in [-0.4, -0.2) is 41.9 Å². The fraction of sp³-hybridized carbons (Fsp3) is 0.250. The van der Waals surface area contributed by atoms with E-state index in [0.29, 0.717) is 12.4 Å². The lowest BCUT2D eigenvalue weighted by molar-refractivity contribution is 0.484. The number of hydrogen-bond acceptors (Lipinski definition) is 6. The zero-order valence-electron chi connectivity index (χ0n) is 15.2. The van der Waals surface area contributed by atoms with Gasteiger partial charge in [-0.15, -0.1) is 0 Å². The normalized spacial score (nSPS) is 16.7. The van der Waals surface area contributed by atoms with Gasteiger partial charge in [0.25, 0.3) is 5.56 Å². The van der Waals surface area contributed by atoms with Crippen molar-refractivity contribution >= 4 is 16.9 Å². The molecule has 0 spiro atoms. The van der Waals surface area contributed by atoms with Crippen LogP contribution in [-0.2, 0) is 6.54 Å². The Hall–Kier alpha value is -3.55. The van der Waals surface area contributed by atoms with E-state index in [0.717, 1.165) is 36.2 Å². The molecule has 1 unspecified atom stereocenters. The molecule has 28 heavy (non-hydrogen) atoms. The van der Waals surface area contributed by atoms with Crippen molar-refractivity contribution in [3.8, 4) is 5.82 Å². The Kier molecular flexibility index (Phi) is 4.08. The maximum absolute atomic E-state index is 12.4. The van der Waals surface area contributed by atoms with Crippen LogP contribution in [0.4, 0.5) is 5.82 Å². The molecule has 0 bridgehead atoms. The van der Waals surface area contributed by atoms with Crippen LogP contribution in [0.15, 0.2) is 66.1 Å². The van der Waals surface area contributed by atoms with Gasteiger partial charge in [0.2, 0.25) is 0 Å². The van der Waals surface area contributed by atoms with Crippen LogP contribution < -0.4 is 10.5 Å². The van der Waals surface area contributed by atoms with Gasteiger partial charge in [0, 0.05) is 25.0 Å². The molecule has 0 radical (unpaired) electrons. The first-order valence-electron chi connectivity index (χ1n) is 9.33. The van der Waals surface area contributed by atoms with Crippen LogP contribution in [0.25, 0.3) is 16.9 Å². The first kappa shape index (κ1) is 16.6. The molecule has 4 aromatic rings. The van der Waals surface area contributed by atoms with E-state index in [1.54, 1.807) is 29.2 Å². The molecule has 0 amide bonds. The number of aromatic nitrogens is 6. The fourth-order valence-electron chi connectivity index (χ4n) is 3.71. The molecule has 4 heterocycles. The molecule has 1 fully saturated rings. The van der Waals surface area contributed by atoms with E-state index < -0.39 is 0 Å². The summed E-state index contributed by atoms with van der Waals surface area (Å²) in [6.45, 7) is 1.41. The standard InChI is InChI=1S/C20H19N7O/c28-20-8-7-18(25-11-9-21-14-25)24-27(20)13-15-4-3-10-26(15)19-12-22-16-5-1-2-6-17(16)23-19/h1-2,5-9,11-12,14-15H,3-4,10,13H2. The van der Waals surface area contributed by atoms with Crippen molar-refractivity contribution in [2.24, 2.45) is 0 Å². The molecule has 0 saturated carbocycles. The van der Waals surface area contributed by atoms with Gasteiger partial charge in [-0.25, -0.2) is 14.6 Å². The molecule has 5 rings (SSSR count). The topological polar surface area (TPSA) is 81.7 Å². The molecule has 3 aromatic heterocycles.